The Kier molecular flexibility index (Phi) is 3.48. The maximum absolute atomic E-state index is 12.4. The highest BCUT2D eigenvalue weighted by atomic mass is 16.5. The molecule has 0 aliphatic carbocycles. The number of amides is 1. The van der Waals surface area contributed by atoms with Gasteiger partial charge in [0.05, 0.1) is 13.7 Å². The van der Waals surface area contributed by atoms with E-state index in [0.717, 1.165) is 11.3 Å². The Hall–Kier alpha value is -2.56. The molecule has 21 heavy (non-hydrogen) atoms. The summed E-state index contributed by atoms with van der Waals surface area (Å²) in [6.07, 6.45) is 1.12. The normalized spacial score (nSPS) is 17.1. The van der Waals surface area contributed by atoms with Crippen LogP contribution in [0, 0.1) is 0 Å². The number of carbonyl (C=O) groups is 1. The number of aromatic nitrogens is 1. The van der Waals surface area contributed by atoms with E-state index in [4.69, 9.17) is 9.47 Å². The van der Waals surface area contributed by atoms with Gasteiger partial charge in [0.25, 0.3) is 5.91 Å². The Labute approximate surface area is 123 Å². The van der Waals surface area contributed by atoms with Gasteiger partial charge in [-0.25, -0.2) is 4.98 Å². The second-order valence-electron chi connectivity index (χ2n) is 4.82. The fourth-order valence-electron chi connectivity index (χ4n) is 2.40. The van der Waals surface area contributed by atoms with Crippen LogP contribution in [0.25, 0.3) is 0 Å². The number of hydrogen-bond acceptors (Lipinski definition) is 4. The zero-order chi connectivity index (χ0) is 14.8. The van der Waals surface area contributed by atoms with E-state index in [1.165, 1.54) is 0 Å². The quantitative estimate of drug-likeness (QED) is 0.868. The van der Waals surface area contributed by atoms with Crippen LogP contribution >= 0.6 is 0 Å². The molecule has 5 nitrogen and oxygen atoms in total. The first-order valence-electron chi connectivity index (χ1n) is 6.75. The molecule has 1 aliphatic rings. The molecule has 1 aliphatic heterocycles. The fourth-order valence-corrected chi connectivity index (χ4v) is 2.40. The molecule has 1 aromatic heterocycles. The molecule has 3 rings (SSSR count). The zero-order valence-corrected chi connectivity index (χ0v) is 11.9. The molecule has 0 saturated heterocycles. The molecule has 2 aromatic rings. The highest BCUT2D eigenvalue weighted by molar-refractivity contribution is 5.99. The van der Waals surface area contributed by atoms with Crippen LogP contribution in [-0.4, -0.2) is 24.1 Å². The molecule has 1 unspecified atom stereocenters. The molecule has 1 aromatic carbocycles. The Morgan fingerprint density at radius 3 is 2.90 bits per heavy atom. The molecule has 1 atom stereocenters. The summed E-state index contributed by atoms with van der Waals surface area (Å²) in [6.45, 7) is 2.16. The van der Waals surface area contributed by atoms with E-state index in [1.54, 1.807) is 31.2 Å². The molecule has 0 saturated carbocycles. The number of ether oxygens (including phenoxy) is 2. The lowest BCUT2D eigenvalue weighted by Crippen LogP contribution is -2.44. The molecule has 2 heterocycles. The standard InChI is InChI=1S/C16H16N2O3/c1-11-16(19)18(13-7-5-9-17-15(13)21-11)10-12-6-3-4-8-14(12)20-2/h3-9,11H,10H2,1-2H3. The van der Waals surface area contributed by atoms with Crippen LogP contribution in [0.15, 0.2) is 42.6 Å². The van der Waals surface area contributed by atoms with Crippen LogP contribution in [0.4, 0.5) is 5.69 Å². The number of pyridine rings is 1. The van der Waals surface area contributed by atoms with Gasteiger partial charge in [-0.05, 0) is 25.1 Å². The number of methoxy groups -OCH3 is 1. The summed E-state index contributed by atoms with van der Waals surface area (Å²) in [4.78, 5) is 18.3. The third-order valence-electron chi connectivity index (χ3n) is 3.47. The van der Waals surface area contributed by atoms with Crippen molar-refractivity contribution in [1.29, 1.82) is 0 Å². The number of benzene rings is 1. The van der Waals surface area contributed by atoms with Crippen LogP contribution in [0.5, 0.6) is 11.6 Å². The van der Waals surface area contributed by atoms with Crippen LogP contribution in [-0.2, 0) is 11.3 Å². The molecule has 0 bridgehead atoms. The number of nitrogens with zero attached hydrogens (tertiary/aromatic N) is 2. The Balaban J connectivity index is 1.99. The largest absolute Gasteiger partial charge is 0.496 e. The SMILES string of the molecule is COc1ccccc1CN1C(=O)C(C)Oc2ncccc21. The average Bonchev–Trinajstić information content (AvgIpc) is 2.52. The molecular formula is C16H16N2O3. The van der Waals surface area contributed by atoms with Gasteiger partial charge in [0.2, 0.25) is 5.88 Å². The van der Waals surface area contributed by atoms with Crippen molar-refractivity contribution in [3.05, 3.63) is 48.2 Å². The van der Waals surface area contributed by atoms with E-state index in [1.807, 2.05) is 30.3 Å². The predicted octanol–water partition coefficient (Wildman–Crippen LogP) is 2.40. The molecule has 5 heteroatoms. The van der Waals surface area contributed by atoms with Gasteiger partial charge >= 0.3 is 0 Å². The Morgan fingerprint density at radius 2 is 2.10 bits per heavy atom. The minimum Gasteiger partial charge on any atom is -0.496 e. The van der Waals surface area contributed by atoms with Gasteiger partial charge in [0.1, 0.15) is 11.4 Å². The number of anilines is 1. The van der Waals surface area contributed by atoms with Gasteiger partial charge in [-0.1, -0.05) is 18.2 Å². The van der Waals surface area contributed by atoms with Gasteiger partial charge in [-0.3, -0.25) is 9.69 Å². The molecule has 0 radical (unpaired) electrons. The number of hydrogen-bond donors (Lipinski definition) is 0. The second kappa shape index (κ2) is 5.44. The van der Waals surface area contributed by atoms with Gasteiger partial charge < -0.3 is 9.47 Å². The van der Waals surface area contributed by atoms with Crippen LogP contribution in [0.2, 0.25) is 0 Å². The summed E-state index contributed by atoms with van der Waals surface area (Å²) in [7, 11) is 1.62. The summed E-state index contributed by atoms with van der Waals surface area (Å²) in [6, 6.07) is 11.3. The van der Waals surface area contributed by atoms with Crippen LogP contribution in [0.3, 0.4) is 0 Å². The van der Waals surface area contributed by atoms with E-state index in [2.05, 4.69) is 4.98 Å². The van der Waals surface area contributed by atoms with E-state index < -0.39 is 6.10 Å². The van der Waals surface area contributed by atoms with Crippen molar-refractivity contribution in [2.24, 2.45) is 0 Å². The zero-order valence-electron chi connectivity index (χ0n) is 11.9. The van der Waals surface area contributed by atoms with E-state index >= 15 is 0 Å². The fraction of sp³-hybridized carbons (Fsp3) is 0.250. The van der Waals surface area contributed by atoms with Crippen molar-refractivity contribution in [3.63, 3.8) is 0 Å². The summed E-state index contributed by atoms with van der Waals surface area (Å²) in [5.74, 6) is 1.16. The van der Waals surface area contributed by atoms with E-state index in [0.29, 0.717) is 18.1 Å². The minimum absolute atomic E-state index is 0.0820. The number of para-hydroxylation sites is 1. The molecule has 0 spiro atoms. The lowest BCUT2D eigenvalue weighted by molar-refractivity contribution is -0.125. The third kappa shape index (κ3) is 2.42. The Bertz CT molecular complexity index is 672. The van der Waals surface area contributed by atoms with Crippen molar-refractivity contribution in [1.82, 2.24) is 4.98 Å². The number of fused-ring (bicyclic) bond motifs is 1. The summed E-state index contributed by atoms with van der Waals surface area (Å²) >= 11 is 0. The van der Waals surface area contributed by atoms with Crippen LogP contribution in [0.1, 0.15) is 12.5 Å². The van der Waals surface area contributed by atoms with Crippen molar-refractivity contribution >= 4 is 11.6 Å². The molecular weight excluding hydrogens is 268 g/mol. The molecule has 108 valence electrons. The number of rotatable bonds is 3. The maximum Gasteiger partial charge on any atom is 0.268 e. The van der Waals surface area contributed by atoms with Gasteiger partial charge in [0.15, 0.2) is 6.10 Å². The predicted molar refractivity (Wildman–Crippen MR) is 78.5 cm³/mol. The van der Waals surface area contributed by atoms with Crippen molar-refractivity contribution in [2.45, 2.75) is 19.6 Å². The lowest BCUT2D eigenvalue weighted by Gasteiger charge is -2.32. The highest BCUT2D eigenvalue weighted by Gasteiger charge is 2.32. The topological polar surface area (TPSA) is 51.7 Å². The average molecular weight is 284 g/mol. The van der Waals surface area contributed by atoms with Crippen molar-refractivity contribution in [3.8, 4) is 11.6 Å². The van der Waals surface area contributed by atoms with Crippen molar-refractivity contribution < 1.29 is 14.3 Å². The third-order valence-corrected chi connectivity index (χ3v) is 3.47. The monoisotopic (exact) mass is 284 g/mol. The van der Waals surface area contributed by atoms with Gasteiger partial charge in [-0.15, -0.1) is 0 Å². The first kappa shape index (κ1) is 13.4. The lowest BCUT2D eigenvalue weighted by atomic mass is 10.1. The first-order chi connectivity index (χ1) is 10.2. The number of carbonyl (C=O) groups excluding carboxylic acids is 1. The van der Waals surface area contributed by atoms with Crippen LogP contribution < -0.4 is 14.4 Å². The van der Waals surface area contributed by atoms with E-state index in [-0.39, 0.29) is 5.91 Å². The first-order valence-corrected chi connectivity index (χ1v) is 6.75. The maximum atomic E-state index is 12.4. The highest BCUT2D eigenvalue weighted by Crippen LogP contribution is 2.33. The van der Waals surface area contributed by atoms with Gasteiger partial charge in [0, 0.05) is 11.8 Å². The molecule has 0 fully saturated rings. The summed E-state index contributed by atoms with van der Waals surface area (Å²) in [5.41, 5.74) is 1.63. The second-order valence-corrected chi connectivity index (χ2v) is 4.82. The summed E-state index contributed by atoms with van der Waals surface area (Å²) in [5, 5.41) is 0. The minimum atomic E-state index is -0.540. The van der Waals surface area contributed by atoms with Gasteiger partial charge in [-0.2, -0.15) is 0 Å². The Morgan fingerprint density at radius 1 is 1.29 bits per heavy atom. The smallest absolute Gasteiger partial charge is 0.268 e. The van der Waals surface area contributed by atoms with Crippen molar-refractivity contribution in [2.75, 3.05) is 12.0 Å². The van der Waals surface area contributed by atoms with E-state index in [9.17, 15) is 4.79 Å². The molecule has 0 N–H and O–H groups in total. The summed E-state index contributed by atoms with van der Waals surface area (Å²) < 4.78 is 10.9. The molecule has 1 amide bonds.